The summed E-state index contributed by atoms with van der Waals surface area (Å²) in [6.07, 6.45) is 0.946. The zero-order valence-corrected chi connectivity index (χ0v) is 22.2. The molecule has 4 rings (SSSR count). The lowest BCUT2D eigenvalue weighted by atomic mass is 10.2. The number of nitrogens with one attached hydrogen (secondary N) is 1. The lowest BCUT2D eigenvalue weighted by molar-refractivity contribution is 0.269. The molecule has 188 valence electrons. The number of ether oxygens (including phenoxy) is 2. The molecule has 4 aromatic rings. The maximum absolute atomic E-state index is 6.57. The maximum Gasteiger partial charge on any atom is 0.214 e. The highest BCUT2D eigenvalue weighted by atomic mass is 35.5. The maximum atomic E-state index is 6.57. The number of rotatable bonds is 13. The summed E-state index contributed by atoms with van der Waals surface area (Å²) >= 11 is 14.4. The molecule has 0 aliphatic rings. The molecule has 3 aromatic carbocycles. The molecule has 0 aliphatic heterocycles. The van der Waals surface area contributed by atoms with Crippen molar-refractivity contribution >= 4 is 35.0 Å². The van der Waals surface area contributed by atoms with E-state index in [1.807, 2.05) is 67.6 Å². The standard InChI is InChI=1S/C26H27Cl2N5O2S/c1-2-34-24-15-20(23(28)16-25(24)35-18-19-9-6-7-12-22(19)27)17-29-13-8-14-36-26-30-31-32-33(26)21-10-4-3-5-11-21/h3-7,9-12,15-16,29H,2,8,13-14,17-18H2,1H3. The lowest BCUT2D eigenvalue weighted by Crippen LogP contribution is -2.16. The number of para-hydroxylation sites is 1. The van der Waals surface area contributed by atoms with Crippen molar-refractivity contribution in [1.82, 2.24) is 25.5 Å². The average molecular weight is 545 g/mol. The van der Waals surface area contributed by atoms with Crippen LogP contribution in [0.15, 0.2) is 71.9 Å². The second kappa shape index (κ2) is 13.5. The van der Waals surface area contributed by atoms with Crippen molar-refractivity contribution in [3.63, 3.8) is 0 Å². The fourth-order valence-electron chi connectivity index (χ4n) is 3.45. The van der Waals surface area contributed by atoms with Gasteiger partial charge in [-0.25, -0.2) is 0 Å². The molecule has 0 spiro atoms. The van der Waals surface area contributed by atoms with Crippen LogP contribution in [0.25, 0.3) is 5.69 Å². The van der Waals surface area contributed by atoms with Gasteiger partial charge in [-0.15, -0.1) is 5.10 Å². The van der Waals surface area contributed by atoms with Gasteiger partial charge >= 0.3 is 0 Å². The Hall–Kier alpha value is -2.78. The van der Waals surface area contributed by atoms with Gasteiger partial charge in [-0.3, -0.25) is 0 Å². The van der Waals surface area contributed by atoms with Crippen molar-refractivity contribution in [3.8, 4) is 17.2 Å². The third-order valence-corrected chi connectivity index (χ3v) is 6.97. The van der Waals surface area contributed by atoms with Gasteiger partial charge in [-0.05, 0) is 60.1 Å². The number of aromatic nitrogens is 4. The summed E-state index contributed by atoms with van der Waals surface area (Å²) in [6.45, 7) is 4.24. The number of tetrazole rings is 1. The molecule has 0 amide bonds. The Morgan fingerprint density at radius 3 is 2.50 bits per heavy atom. The summed E-state index contributed by atoms with van der Waals surface area (Å²) in [7, 11) is 0. The number of thioether (sulfide) groups is 1. The predicted octanol–water partition coefficient (Wildman–Crippen LogP) is 6.22. The molecule has 36 heavy (non-hydrogen) atoms. The molecule has 10 heteroatoms. The normalized spacial score (nSPS) is 11.0. The zero-order valence-electron chi connectivity index (χ0n) is 19.9. The first-order chi connectivity index (χ1) is 17.7. The topological polar surface area (TPSA) is 74.1 Å². The molecule has 1 aromatic heterocycles. The van der Waals surface area contributed by atoms with Crippen LogP contribution < -0.4 is 14.8 Å². The van der Waals surface area contributed by atoms with E-state index in [4.69, 9.17) is 32.7 Å². The Morgan fingerprint density at radius 1 is 0.917 bits per heavy atom. The van der Waals surface area contributed by atoms with Gasteiger partial charge in [0.2, 0.25) is 5.16 Å². The summed E-state index contributed by atoms with van der Waals surface area (Å²) in [5.41, 5.74) is 2.80. The Kier molecular flexibility index (Phi) is 9.86. The fraction of sp³-hybridized carbons (Fsp3) is 0.269. The Morgan fingerprint density at radius 2 is 1.69 bits per heavy atom. The van der Waals surface area contributed by atoms with Crippen LogP contribution in [0, 0.1) is 0 Å². The van der Waals surface area contributed by atoms with E-state index in [-0.39, 0.29) is 0 Å². The number of benzene rings is 3. The largest absolute Gasteiger partial charge is 0.490 e. The average Bonchev–Trinajstić information content (AvgIpc) is 3.37. The van der Waals surface area contributed by atoms with Gasteiger partial charge in [-0.2, -0.15) is 4.68 Å². The predicted molar refractivity (Wildman–Crippen MR) is 145 cm³/mol. The van der Waals surface area contributed by atoms with Crippen LogP contribution in [0.5, 0.6) is 11.5 Å². The van der Waals surface area contributed by atoms with Crippen molar-refractivity contribution in [2.24, 2.45) is 0 Å². The van der Waals surface area contributed by atoms with Gasteiger partial charge in [-0.1, -0.05) is 71.4 Å². The molecule has 7 nitrogen and oxygen atoms in total. The molecule has 0 saturated heterocycles. The molecular formula is C26H27Cl2N5O2S. The van der Waals surface area contributed by atoms with Gasteiger partial charge in [0.25, 0.3) is 0 Å². The smallest absolute Gasteiger partial charge is 0.214 e. The number of hydrogen-bond donors (Lipinski definition) is 1. The van der Waals surface area contributed by atoms with Crippen LogP contribution in [0.3, 0.4) is 0 Å². The van der Waals surface area contributed by atoms with Crippen molar-refractivity contribution < 1.29 is 9.47 Å². The van der Waals surface area contributed by atoms with Gasteiger partial charge < -0.3 is 14.8 Å². The fourth-order valence-corrected chi connectivity index (χ4v) is 4.69. The minimum Gasteiger partial charge on any atom is -0.490 e. The summed E-state index contributed by atoms with van der Waals surface area (Å²) < 4.78 is 13.6. The van der Waals surface area contributed by atoms with E-state index in [0.29, 0.717) is 41.3 Å². The second-order valence-electron chi connectivity index (χ2n) is 7.79. The van der Waals surface area contributed by atoms with E-state index in [9.17, 15) is 0 Å². The van der Waals surface area contributed by atoms with E-state index < -0.39 is 0 Å². The summed E-state index contributed by atoms with van der Waals surface area (Å²) in [6, 6.07) is 21.2. The second-order valence-corrected chi connectivity index (χ2v) is 9.67. The van der Waals surface area contributed by atoms with Crippen LogP contribution >= 0.6 is 35.0 Å². The molecule has 0 fully saturated rings. The molecule has 0 saturated carbocycles. The molecule has 0 radical (unpaired) electrons. The molecule has 0 bridgehead atoms. The minimum atomic E-state index is 0.332. The summed E-state index contributed by atoms with van der Waals surface area (Å²) in [5.74, 6) is 2.14. The highest BCUT2D eigenvalue weighted by Gasteiger charge is 2.13. The van der Waals surface area contributed by atoms with E-state index in [0.717, 1.165) is 40.7 Å². The van der Waals surface area contributed by atoms with Crippen molar-refractivity contribution in [2.75, 3.05) is 18.9 Å². The minimum absolute atomic E-state index is 0.332. The van der Waals surface area contributed by atoms with E-state index in [1.165, 1.54) is 0 Å². The Bertz CT molecular complexity index is 1260. The van der Waals surface area contributed by atoms with Crippen LogP contribution in [-0.2, 0) is 13.2 Å². The molecule has 0 atom stereocenters. The van der Waals surface area contributed by atoms with Gasteiger partial charge in [0.15, 0.2) is 11.5 Å². The summed E-state index contributed by atoms with van der Waals surface area (Å²) in [4.78, 5) is 0. The quantitative estimate of drug-likeness (QED) is 0.158. The Labute approximate surface area is 225 Å². The first kappa shape index (κ1) is 26.3. The lowest BCUT2D eigenvalue weighted by Gasteiger charge is -2.16. The number of halogens is 2. The molecule has 0 unspecified atom stereocenters. The van der Waals surface area contributed by atoms with E-state index in [1.54, 1.807) is 22.5 Å². The SMILES string of the molecule is CCOc1cc(CNCCCSc2nnnn2-c2ccccc2)c(Cl)cc1OCc1ccccc1Cl. The third kappa shape index (κ3) is 7.13. The number of hydrogen-bond acceptors (Lipinski definition) is 7. The van der Waals surface area contributed by atoms with Gasteiger partial charge in [0, 0.05) is 34.0 Å². The van der Waals surface area contributed by atoms with Gasteiger partial charge in [0.1, 0.15) is 6.61 Å². The van der Waals surface area contributed by atoms with E-state index >= 15 is 0 Å². The van der Waals surface area contributed by atoms with Crippen molar-refractivity contribution in [2.45, 2.75) is 31.7 Å². The van der Waals surface area contributed by atoms with Crippen molar-refractivity contribution in [3.05, 3.63) is 87.9 Å². The number of nitrogens with zero attached hydrogens (tertiary/aromatic N) is 4. The Balaban J connectivity index is 1.27. The summed E-state index contributed by atoms with van der Waals surface area (Å²) in [5, 5.41) is 17.6. The van der Waals surface area contributed by atoms with E-state index in [2.05, 4.69) is 20.8 Å². The van der Waals surface area contributed by atoms with Crippen LogP contribution in [0.1, 0.15) is 24.5 Å². The molecule has 1 N–H and O–H groups in total. The first-order valence-corrected chi connectivity index (χ1v) is 13.4. The van der Waals surface area contributed by atoms with Gasteiger partial charge in [0.05, 0.1) is 12.3 Å². The molecule has 1 heterocycles. The zero-order chi connectivity index (χ0) is 25.2. The highest BCUT2D eigenvalue weighted by Crippen LogP contribution is 2.34. The molecule has 0 aliphatic carbocycles. The highest BCUT2D eigenvalue weighted by molar-refractivity contribution is 7.99. The monoisotopic (exact) mass is 543 g/mol. The first-order valence-electron chi connectivity index (χ1n) is 11.6. The third-order valence-electron chi connectivity index (χ3n) is 5.24. The van der Waals surface area contributed by atoms with Crippen LogP contribution in [0.2, 0.25) is 10.0 Å². The van der Waals surface area contributed by atoms with Crippen LogP contribution in [-0.4, -0.2) is 39.1 Å². The van der Waals surface area contributed by atoms with Crippen LogP contribution in [0.4, 0.5) is 0 Å². The molecular weight excluding hydrogens is 517 g/mol. The van der Waals surface area contributed by atoms with Crippen molar-refractivity contribution in [1.29, 1.82) is 0 Å².